The normalized spacial score (nSPS) is 14.9. The number of sulfonamides is 2. The number of amides is 1. The van der Waals surface area contributed by atoms with Crippen molar-refractivity contribution < 1.29 is 49.8 Å². The lowest BCUT2D eigenvalue weighted by Gasteiger charge is -2.33. The van der Waals surface area contributed by atoms with Gasteiger partial charge >= 0.3 is 5.97 Å². The maximum atomic E-state index is 15.1. The Morgan fingerprint density at radius 3 is 1.91 bits per heavy atom. The van der Waals surface area contributed by atoms with Crippen LogP contribution in [0.4, 0.5) is 20.2 Å². The molecule has 0 spiro atoms. The lowest BCUT2D eigenvalue weighted by atomic mass is 10.0. The lowest BCUT2D eigenvalue weighted by Crippen LogP contribution is -2.44. The number of likely N-dealkylation sites (tertiary alicyclic amines) is 1. The van der Waals surface area contributed by atoms with Crippen molar-refractivity contribution in [3.05, 3.63) is 144 Å². The van der Waals surface area contributed by atoms with Crippen LogP contribution in [0, 0.1) is 11.6 Å². The topological polar surface area (TPSA) is 151 Å². The van der Waals surface area contributed by atoms with E-state index in [-0.39, 0.29) is 23.2 Å². The summed E-state index contributed by atoms with van der Waals surface area (Å²) in [5, 5.41) is 10.9. The number of halogens is 2. The Morgan fingerprint density at radius 2 is 1.34 bits per heavy atom. The van der Waals surface area contributed by atoms with Crippen molar-refractivity contribution in [2.45, 2.75) is 34.7 Å². The molecule has 1 aliphatic heterocycles. The molecule has 1 amide bonds. The zero-order chi connectivity index (χ0) is 40.2. The van der Waals surface area contributed by atoms with Crippen LogP contribution in [-0.2, 0) is 29.6 Å². The molecule has 2 atom stereocenters. The molecule has 12 nitrogen and oxygen atoms in total. The van der Waals surface area contributed by atoms with Gasteiger partial charge in [0.15, 0.2) is 6.04 Å². The molecule has 1 saturated heterocycles. The van der Waals surface area contributed by atoms with Crippen LogP contribution in [0.1, 0.15) is 36.1 Å². The summed E-state index contributed by atoms with van der Waals surface area (Å²) in [6, 6.07) is 23.3. The first-order chi connectivity index (χ1) is 26.8. The Balaban J connectivity index is 1.53. The zero-order valence-corrected chi connectivity index (χ0v) is 31.8. The quantitative estimate of drug-likeness (QED) is 0.132. The van der Waals surface area contributed by atoms with Crippen molar-refractivity contribution >= 4 is 43.3 Å². The average molecular weight is 806 g/mol. The third-order valence-electron chi connectivity index (χ3n) is 9.40. The highest BCUT2D eigenvalue weighted by Gasteiger charge is 2.43. The minimum absolute atomic E-state index is 0.0294. The van der Waals surface area contributed by atoms with Crippen LogP contribution >= 0.6 is 0 Å². The maximum Gasteiger partial charge on any atom is 0.332 e. The highest BCUT2D eigenvalue weighted by atomic mass is 32.2. The van der Waals surface area contributed by atoms with E-state index >= 15 is 8.42 Å². The van der Waals surface area contributed by atoms with E-state index in [1.54, 1.807) is 4.90 Å². The molecule has 0 radical (unpaired) electrons. The zero-order valence-electron chi connectivity index (χ0n) is 30.2. The van der Waals surface area contributed by atoms with Crippen LogP contribution in [0.25, 0.3) is 0 Å². The number of aliphatic carboxylic acids is 1. The van der Waals surface area contributed by atoms with Crippen LogP contribution in [0.5, 0.6) is 11.5 Å². The van der Waals surface area contributed by atoms with Crippen LogP contribution in [0.15, 0.2) is 131 Å². The summed E-state index contributed by atoms with van der Waals surface area (Å²) in [4.78, 5) is 28.1. The summed E-state index contributed by atoms with van der Waals surface area (Å²) in [6.45, 7) is -0.438. The Labute approximate surface area is 323 Å². The first-order valence-electron chi connectivity index (χ1n) is 17.2. The number of nitrogens with zero attached hydrogens (tertiary/aromatic N) is 3. The molecule has 6 rings (SSSR count). The Hall–Kier alpha value is -6.00. The number of hydrogen-bond donors (Lipinski definition) is 1. The summed E-state index contributed by atoms with van der Waals surface area (Å²) in [5.41, 5.74) is -0.145. The van der Waals surface area contributed by atoms with Gasteiger partial charge in [-0.2, -0.15) is 0 Å². The average Bonchev–Trinajstić information content (AvgIpc) is 3.70. The predicted octanol–water partition coefficient (Wildman–Crippen LogP) is 6.56. The molecule has 56 heavy (non-hydrogen) atoms. The first-order valence-corrected chi connectivity index (χ1v) is 20.1. The number of rotatable bonds is 14. The van der Waals surface area contributed by atoms with Crippen LogP contribution in [0.3, 0.4) is 0 Å². The van der Waals surface area contributed by atoms with Gasteiger partial charge in [-0.3, -0.25) is 9.10 Å². The fourth-order valence-corrected chi connectivity index (χ4v) is 9.89. The van der Waals surface area contributed by atoms with Gasteiger partial charge in [0.25, 0.3) is 20.0 Å². The van der Waals surface area contributed by atoms with Gasteiger partial charge in [-0.25, -0.2) is 34.7 Å². The molecule has 1 fully saturated rings. The molecule has 16 heteroatoms. The molecule has 0 saturated carbocycles. The van der Waals surface area contributed by atoms with Gasteiger partial charge in [-0.05, 0) is 109 Å². The Bertz CT molecular complexity index is 2420. The number of carboxylic acid groups (broad SMARTS) is 1. The molecule has 0 aromatic heterocycles. The van der Waals surface area contributed by atoms with E-state index in [1.165, 1.54) is 44.6 Å². The van der Waals surface area contributed by atoms with Gasteiger partial charge in [-0.1, -0.05) is 30.3 Å². The molecule has 1 N–H and O–H groups in total. The van der Waals surface area contributed by atoms with Crippen molar-refractivity contribution in [3.8, 4) is 11.5 Å². The van der Waals surface area contributed by atoms with Gasteiger partial charge in [0, 0.05) is 12.1 Å². The molecule has 5 aromatic carbocycles. The number of carboxylic acids is 1. The number of carbonyl (C=O) groups excluding carboxylic acids is 1. The van der Waals surface area contributed by atoms with E-state index in [2.05, 4.69) is 0 Å². The fraction of sp³-hybridized carbons (Fsp3) is 0.200. The number of ether oxygens (including phenoxy) is 2. The number of hydrogen-bond acceptors (Lipinski definition) is 8. The van der Waals surface area contributed by atoms with Crippen molar-refractivity contribution in [2.24, 2.45) is 0 Å². The van der Waals surface area contributed by atoms with E-state index in [1.807, 2.05) is 30.3 Å². The third kappa shape index (κ3) is 8.02. The Kier molecular flexibility index (Phi) is 11.6. The fourth-order valence-electron chi connectivity index (χ4n) is 6.68. The van der Waals surface area contributed by atoms with E-state index in [4.69, 9.17) is 9.47 Å². The van der Waals surface area contributed by atoms with Crippen LogP contribution in [0.2, 0.25) is 0 Å². The van der Waals surface area contributed by atoms with Gasteiger partial charge < -0.3 is 19.5 Å². The second kappa shape index (κ2) is 16.4. The molecule has 292 valence electrons. The summed E-state index contributed by atoms with van der Waals surface area (Å²) in [5.74, 6) is -3.55. The standard InChI is InChI=1S/C40H37F2N3O9S2/c1-53-32-18-21-34(22-19-32)55(49,50)45(31-16-12-29(42)13-17-31)39(40(47)48)35-25-33(54-2)20-23-37(35)56(51,52)44(30-14-10-28(41)11-15-30)26-38(46)43-24-6-9-36(43)27-7-4-3-5-8-27/h3-5,7-8,10-23,25,36,39H,6,9,24,26H2,1-2H3,(H,47,48). The molecular formula is C40H37F2N3O9S2. The monoisotopic (exact) mass is 805 g/mol. The highest BCUT2D eigenvalue weighted by molar-refractivity contribution is 7.93. The molecule has 1 aliphatic rings. The lowest BCUT2D eigenvalue weighted by molar-refractivity contribution is -0.138. The van der Waals surface area contributed by atoms with Crippen LogP contribution in [-0.4, -0.2) is 66.0 Å². The smallest absolute Gasteiger partial charge is 0.332 e. The molecule has 2 unspecified atom stereocenters. The first kappa shape index (κ1) is 39.7. The van der Waals surface area contributed by atoms with Gasteiger partial charge in [0.1, 0.15) is 29.7 Å². The minimum atomic E-state index is -5.00. The number of anilines is 2. The van der Waals surface area contributed by atoms with Crippen molar-refractivity contribution in [2.75, 3.05) is 35.9 Å². The van der Waals surface area contributed by atoms with Crippen molar-refractivity contribution in [1.29, 1.82) is 0 Å². The van der Waals surface area contributed by atoms with Gasteiger partial charge in [-0.15, -0.1) is 0 Å². The molecule has 5 aromatic rings. The summed E-state index contributed by atoms with van der Waals surface area (Å²) < 4.78 is 99.3. The molecule has 0 aliphatic carbocycles. The van der Waals surface area contributed by atoms with Gasteiger partial charge in [0.2, 0.25) is 5.91 Å². The van der Waals surface area contributed by atoms with Crippen molar-refractivity contribution in [3.63, 3.8) is 0 Å². The van der Waals surface area contributed by atoms with E-state index in [0.29, 0.717) is 29.4 Å². The van der Waals surface area contributed by atoms with E-state index < -0.39 is 71.5 Å². The predicted molar refractivity (Wildman–Crippen MR) is 203 cm³/mol. The summed E-state index contributed by atoms with van der Waals surface area (Å²) >= 11 is 0. The van der Waals surface area contributed by atoms with Gasteiger partial charge in [0.05, 0.1) is 41.4 Å². The van der Waals surface area contributed by atoms with Crippen LogP contribution < -0.4 is 18.1 Å². The molecular weight excluding hydrogens is 769 g/mol. The molecule has 1 heterocycles. The van der Waals surface area contributed by atoms with E-state index in [9.17, 15) is 31.9 Å². The number of methoxy groups -OCH3 is 2. The third-order valence-corrected chi connectivity index (χ3v) is 13.1. The Morgan fingerprint density at radius 1 is 0.768 bits per heavy atom. The summed E-state index contributed by atoms with van der Waals surface area (Å²) in [6.07, 6.45) is 1.28. The summed E-state index contributed by atoms with van der Waals surface area (Å²) in [7, 11) is -7.27. The minimum Gasteiger partial charge on any atom is -0.497 e. The van der Waals surface area contributed by atoms with Crippen molar-refractivity contribution in [1.82, 2.24) is 4.90 Å². The second-order valence-electron chi connectivity index (χ2n) is 12.7. The number of carbonyl (C=O) groups is 2. The highest BCUT2D eigenvalue weighted by Crippen LogP contribution is 2.40. The second-order valence-corrected chi connectivity index (χ2v) is 16.4. The largest absolute Gasteiger partial charge is 0.497 e. The SMILES string of the molecule is COc1ccc(S(=O)(=O)N(c2ccc(F)cc2)C(C(=O)O)c2cc(OC)ccc2S(=O)(=O)N(CC(=O)N2CCCC2c2ccccc2)c2ccc(F)cc2)cc1. The maximum absolute atomic E-state index is 15.1. The molecule has 0 bridgehead atoms. The number of benzene rings is 5. The van der Waals surface area contributed by atoms with E-state index in [0.717, 1.165) is 70.5 Å².